The SMILES string of the molecule is COc1ccccc1CN1CCN(Cc2cncc(C(=O)NCc3ccc4c(N)nccc4c3)c2)CC1. The van der Waals surface area contributed by atoms with Crippen LogP contribution < -0.4 is 15.8 Å². The highest BCUT2D eigenvalue weighted by Gasteiger charge is 2.19. The Labute approximate surface area is 217 Å². The Balaban J connectivity index is 1.13. The Morgan fingerprint density at radius 3 is 2.57 bits per heavy atom. The highest BCUT2D eigenvalue weighted by molar-refractivity contribution is 5.94. The van der Waals surface area contributed by atoms with Crippen molar-refractivity contribution >= 4 is 22.5 Å². The molecule has 5 rings (SSSR count). The molecule has 3 heterocycles. The van der Waals surface area contributed by atoms with E-state index in [4.69, 9.17) is 10.5 Å². The fourth-order valence-corrected chi connectivity index (χ4v) is 4.78. The molecule has 3 N–H and O–H groups in total. The van der Waals surface area contributed by atoms with Crippen LogP contribution in [-0.4, -0.2) is 59.0 Å². The summed E-state index contributed by atoms with van der Waals surface area (Å²) in [6, 6.07) is 18.0. The molecule has 8 nitrogen and oxygen atoms in total. The molecular formula is C29H32N6O2. The summed E-state index contributed by atoms with van der Waals surface area (Å²) in [4.78, 5) is 26.2. The predicted molar refractivity (Wildman–Crippen MR) is 145 cm³/mol. The second-order valence-electron chi connectivity index (χ2n) is 9.38. The maximum absolute atomic E-state index is 12.8. The van der Waals surface area contributed by atoms with Crippen molar-refractivity contribution in [1.29, 1.82) is 0 Å². The zero-order chi connectivity index (χ0) is 25.6. The Morgan fingerprint density at radius 2 is 1.76 bits per heavy atom. The number of aromatic nitrogens is 2. The topological polar surface area (TPSA) is 96.6 Å². The lowest BCUT2D eigenvalue weighted by Crippen LogP contribution is -2.45. The largest absolute Gasteiger partial charge is 0.496 e. The number of nitrogens with one attached hydrogen (secondary N) is 1. The first-order valence-corrected chi connectivity index (χ1v) is 12.5. The summed E-state index contributed by atoms with van der Waals surface area (Å²) in [6.07, 6.45) is 5.16. The van der Waals surface area contributed by atoms with Crippen molar-refractivity contribution < 1.29 is 9.53 Å². The lowest BCUT2D eigenvalue weighted by molar-refractivity contribution is 0.0950. The number of para-hydroxylation sites is 1. The van der Waals surface area contributed by atoms with Crippen LogP contribution in [0.3, 0.4) is 0 Å². The summed E-state index contributed by atoms with van der Waals surface area (Å²) in [7, 11) is 1.72. The van der Waals surface area contributed by atoms with Gasteiger partial charge in [-0.3, -0.25) is 19.6 Å². The van der Waals surface area contributed by atoms with Gasteiger partial charge >= 0.3 is 0 Å². The first-order valence-electron chi connectivity index (χ1n) is 12.5. The van der Waals surface area contributed by atoms with Gasteiger partial charge in [0.25, 0.3) is 5.91 Å². The maximum atomic E-state index is 12.8. The molecule has 37 heavy (non-hydrogen) atoms. The van der Waals surface area contributed by atoms with Crippen molar-refractivity contribution in [2.75, 3.05) is 39.0 Å². The molecule has 2 aromatic heterocycles. The molecule has 4 aromatic rings. The molecule has 1 fully saturated rings. The molecule has 0 unspecified atom stereocenters. The van der Waals surface area contributed by atoms with Crippen LogP contribution >= 0.6 is 0 Å². The lowest BCUT2D eigenvalue weighted by atomic mass is 10.1. The van der Waals surface area contributed by atoms with Crippen molar-refractivity contribution in [1.82, 2.24) is 25.1 Å². The van der Waals surface area contributed by atoms with Crippen LogP contribution in [0.4, 0.5) is 5.82 Å². The summed E-state index contributed by atoms with van der Waals surface area (Å²) >= 11 is 0. The highest BCUT2D eigenvalue weighted by Crippen LogP contribution is 2.21. The van der Waals surface area contributed by atoms with Gasteiger partial charge in [-0.1, -0.05) is 30.3 Å². The zero-order valence-corrected chi connectivity index (χ0v) is 21.1. The van der Waals surface area contributed by atoms with E-state index in [1.807, 2.05) is 48.7 Å². The van der Waals surface area contributed by atoms with E-state index in [1.165, 1.54) is 5.56 Å². The van der Waals surface area contributed by atoms with Crippen molar-refractivity contribution in [3.63, 3.8) is 0 Å². The van der Waals surface area contributed by atoms with Gasteiger partial charge in [0.2, 0.25) is 0 Å². The van der Waals surface area contributed by atoms with Gasteiger partial charge < -0.3 is 15.8 Å². The third-order valence-corrected chi connectivity index (χ3v) is 6.83. The number of nitrogens with two attached hydrogens (primary N) is 1. The number of nitrogens with zero attached hydrogens (tertiary/aromatic N) is 4. The van der Waals surface area contributed by atoms with Crippen LogP contribution in [-0.2, 0) is 19.6 Å². The van der Waals surface area contributed by atoms with Crippen molar-refractivity contribution in [3.8, 4) is 5.75 Å². The number of hydrogen-bond donors (Lipinski definition) is 2. The van der Waals surface area contributed by atoms with E-state index in [0.717, 1.165) is 66.9 Å². The maximum Gasteiger partial charge on any atom is 0.253 e. The molecule has 2 aromatic carbocycles. The molecule has 1 aliphatic heterocycles. The number of rotatable bonds is 8. The molecule has 0 bridgehead atoms. The van der Waals surface area contributed by atoms with Gasteiger partial charge in [0.15, 0.2) is 0 Å². The smallest absolute Gasteiger partial charge is 0.253 e. The number of hydrogen-bond acceptors (Lipinski definition) is 7. The highest BCUT2D eigenvalue weighted by atomic mass is 16.5. The van der Waals surface area contributed by atoms with Gasteiger partial charge in [-0.2, -0.15) is 0 Å². The molecule has 0 aliphatic carbocycles. The van der Waals surface area contributed by atoms with E-state index in [1.54, 1.807) is 19.5 Å². The summed E-state index contributed by atoms with van der Waals surface area (Å²) in [6.45, 7) is 5.99. The first-order chi connectivity index (χ1) is 18.1. The molecule has 0 spiro atoms. The number of nitrogen functional groups attached to an aromatic ring is 1. The molecule has 8 heteroatoms. The van der Waals surface area contributed by atoms with E-state index < -0.39 is 0 Å². The van der Waals surface area contributed by atoms with E-state index >= 15 is 0 Å². The van der Waals surface area contributed by atoms with Crippen LogP contribution in [0.1, 0.15) is 27.0 Å². The number of carbonyl (C=O) groups is 1. The van der Waals surface area contributed by atoms with Crippen molar-refractivity contribution in [3.05, 3.63) is 95.4 Å². The van der Waals surface area contributed by atoms with Crippen molar-refractivity contribution in [2.45, 2.75) is 19.6 Å². The molecule has 0 saturated carbocycles. The quantitative estimate of drug-likeness (QED) is 0.386. The number of pyridine rings is 2. The van der Waals surface area contributed by atoms with Gasteiger partial charge in [0.05, 0.1) is 12.7 Å². The van der Waals surface area contributed by atoms with E-state index in [9.17, 15) is 4.79 Å². The average Bonchev–Trinajstić information content (AvgIpc) is 2.93. The lowest BCUT2D eigenvalue weighted by Gasteiger charge is -2.35. The van der Waals surface area contributed by atoms with Gasteiger partial charge in [0, 0.05) is 75.4 Å². The summed E-state index contributed by atoms with van der Waals surface area (Å²) < 4.78 is 5.50. The Morgan fingerprint density at radius 1 is 0.973 bits per heavy atom. The zero-order valence-electron chi connectivity index (χ0n) is 21.1. The molecule has 1 amide bonds. The molecule has 0 radical (unpaired) electrons. The predicted octanol–water partition coefficient (Wildman–Crippen LogP) is 3.47. The first kappa shape index (κ1) is 24.7. The van der Waals surface area contributed by atoms with Crippen LogP contribution in [0.25, 0.3) is 10.8 Å². The van der Waals surface area contributed by atoms with Gasteiger partial charge in [0.1, 0.15) is 11.6 Å². The summed E-state index contributed by atoms with van der Waals surface area (Å²) in [5.41, 5.74) is 9.76. The Hall–Kier alpha value is -4.01. The van der Waals surface area contributed by atoms with Gasteiger partial charge in [-0.25, -0.2) is 4.98 Å². The summed E-state index contributed by atoms with van der Waals surface area (Å²) in [5, 5.41) is 4.92. The second-order valence-corrected chi connectivity index (χ2v) is 9.38. The van der Waals surface area contributed by atoms with Crippen LogP contribution in [0.2, 0.25) is 0 Å². The number of amides is 1. The normalized spacial score (nSPS) is 14.5. The van der Waals surface area contributed by atoms with Crippen molar-refractivity contribution in [2.24, 2.45) is 0 Å². The Bertz CT molecular complexity index is 1380. The van der Waals surface area contributed by atoms with Gasteiger partial charge in [-0.05, 0) is 40.8 Å². The standard InChI is InChI=1S/C29H32N6O2/c1-37-27-5-3-2-4-24(27)20-35-12-10-34(11-13-35)19-22-15-25(18-31-16-22)29(36)33-17-21-6-7-26-23(14-21)8-9-32-28(26)30/h2-9,14-16,18H,10-13,17,19-20H2,1H3,(H2,30,32)(H,33,36). The number of methoxy groups -OCH3 is 1. The number of benzene rings is 2. The Kier molecular flexibility index (Phi) is 7.58. The van der Waals surface area contributed by atoms with E-state index in [2.05, 4.69) is 37.2 Å². The third-order valence-electron chi connectivity index (χ3n) is 6.83. The molecule has 0 atom stereocenters. The number of carbonyl (C=O) groups excluding carboxylic acids is 1. The molecule has 1 aliphatic rings. The fourth-order valence-electron chi connectivity index (χ4n) is 4.78. The van der Waals surface area contributed by atoms with Crippen LogP contribution in [0, 0.1) is 0 Å². The van der Waals surface area contributed by atoms with E-state index in [-0.39, 0.29) is 5.91 Å². The average molecular weight is 497 g/mol. The number of piperazine rings is 1. The molecular weight excluding hydrogens is 464 g/mol. The molecule has 1 saturated heterocycles. The minimum atomic E-state index is -0.134. The minimum Gasteiger partial charge on any atom is -0.496 e. The third kappa shape index (κ3) is 6.04. The van der Waals surface area contributed by atoms with Crippen LogP contribution in [0.5, 0.6) is 5.75 Å². The number of fused-ring (bicyclic) bond motifs is 1. The molecule has 190 valence electrons. The summed E-state index contributed by atoms with van der Waals surface area (Å²) in [5.74, 6) is 1.31. The fraction of sp³-hybridized carbons (Fsp3) is 0.276. The second kappa shape index (κ2) is 11.4. The number of anilines is 1. The minimum absolute atomic E-state index is 0.134. The number of ether oxygens (including phenoxy) is 1. The van der Waals surface area contributed by atoms with E-state index in [0.29, 0.717) is 17.9 Å². The monoisotopic (exact) mass is 496 g/mol. The van der Waals surface area contributed by atoms with Gasteiger partial charge in [-0.15, -0.1) is 0 Å². The van der Waals surface area contributed by atoms with Crippen LogP contribution in [0.15, 0.2) is 73.2 Å².